The van der Waals surface area contributed by atoms with Gasteiger partial charge in [0.15, 0.2) is 0 Å². The molecule has 0 aromatic heterocycles. The van der Waals surface area contributed by atoms with Gasteiger partial charge in [-0.05, 0) is 51.2 Å². The molecule has 1 atom stereocenters. The van der Waals surface area contributed by atoms with E-state index in [1.165, 1.54) is 71.2 Å². The van der Waals surface area contributed by atoms with Crippen molar-refractivity contribution in [3.8, 4) is 0 Å². The zero-order valence-electron chi connectivity index (χ0n) is 12.1. The summed E-state index contributed by atoms with van der Waals surface area (Å²) in [6.07, 6.45) is 8.35. The average molecular weight is 253 g/mol. The molecule has 2 N–H and O–H groups in total. The Balaban J connectivity index is 1.67. The first kappa shape index (κ1) is 14.3. The first-order valence-electron chi connectivity index (χ1n) is 8.00. The number of likely N-dealkylation sites (N-methyl/N-ethyl adjacent to an activating group) is 1. The number of nitrogens with two attached hydrogens (primary N) is 1. The van der Waals surface area contributed by atoms with E-state index in [1.54, 1.807) is 0 Å². The lowest BCUT2D eigenvalue weighted by atomic mass is 10.1. The molecule has 2 aliphatic rings. The lowest BCUT2D eigenvalue weighted by Gasteiger charge is -2.29. The molecule has 2 rings (SSSR count). The molecule has 1 aliphatic heterocycles. The summed E-state index contributed by atoms with van der Waals surface area (Å²) in [5.41, 5.74) is 5.65. The molecule has 0 spiro atoms. The maximum atomic E-state index is 5.65. The summed E-state index contributed by atoms with van der Waals surface area (Å²) in [5, 5.41) is 0. The first-order valence-corrected chi connectivity index (χ1v) is 8.00. The van der Waals surface area contributed by atoms with Crippen molar-refractivity contribution in [1.29, 1.82) is 0 Å². The van der Waals surface area contributed by atoms with Gasteiger partial charge in [-0.1, -0.05) is 19.8 Å². The van der Waals surface area contributed by atoms with E-state index < -0.39 is 0 Å². The second-order valence-corrected chi connectivity index (χ2v) is 6.10. The lowest BCUT2D eigenvalue weighted by Crippen LogP contribution is -2.39. The summed E-state index contributed by atoms with van der Waals surface area (Å²) in [6, 6.07) is 0.887. The van der Waals surface area contributed by atoms with Crippen molar-refractivity contribution in [2.45, 2.75) is 51.5 Å². The average Bonchev–Trinajstić information content (AvgIpc) is 3.02. The van der Waals surface area contributed by atoms with E-state index >= 15 is 0 Å². The van der Waals surface area contributed by atoms with Crippen LogP contribution in [0.3, 0.4) is 0 Å². The minimum Gasteiger partial charge on any atom is -0.330 e. The van der Waals surface area contributed by atoms with E-state index in [0.717, 1.165) is 18.5 Å². The summed E-state index contributed by atoms with van der Waals surface area (Å²) in [5.74, 6) is 0.872. The maximum absolute atomic E-state index is 5.65. The number of hydrogen-bond acceptors (Lipinski definition) is 3. The molecule has 2 fully saturated rings. The van der Waals surface area contributed by atoms with Crippen LogP contribution in [0.25, 0.3) is 0 Å². The van der Waals surface area contributed by atoms with Gasteiger partial charge in [0.2, 0.25) is 0 Å². The molecule has 1 saturated carbocycles. The summed E-state index contributed by atoms with van der Waals surface area (Å²) in [4.78, 5) is 5.36. The van der Waals surface area contributed by atoms with E-state index in [-0.39, 0.29) is 0 Å². The van der Waals surface area contributed by atoms with E-state index in [4.69, 9.17) is 5.73 Å². The molecule has 0 aromatic carbocycles. The second-order valence-electron chi connectivity index (χ2n) is 6.10. The molecule has 106 valence electrons. The van der Waals surface area contributed by atoms with Crippen LogP contribution < -0.4 is 5.73 Å². The molecule has 0 bridgehead atoms. The normalized spacial score (nSPS) is 26.5. The summed E-state index contributed by atoms with van der Waals surface area (Å²) in [7, 11) is 0. The minimum absolute atomic E-state index is 0.863. The van der Waals surface area contributed by atoms with Crippen LogP contribution in [0.2, 0.25) is 0 Å². The summed E-state index contributed by atoms with van der Waals surface area (Å²) in [6.45, 7) is 9.54. The molecular formula is C15H31N3. The topological polar surface area (TPSA) is 32.5 Å². The van der Waals surface area contributed by atoms with Crippen molar-refractivity contribution < 1.29 is 0 Å². The fourth-order valence-electron chi connectivity index (χ4n) is 3.73. The van der Waals surface area contributed by atoms with Crippen LogP contribution in [0.15, 0.2) is 0 Å². The molecule has 0 aromatic rings. The van der Waals surface area contributed by atoms with Gasteiger partial charge in [0.25, 0.3) is 0 Å². The number of rotatable bonds is 7. The van der Waals surface area contributed by atoms with Gasteiger partial charge in [0, 0.05) is 25.7 Å². The van der Waals surface area contributed by atoms with E-state index in [9.17, 15) is 0 Å². The van der Waals surface area contributed by atoms with E-state index in [0.29, 0.717) is 0 Å². The third-order valence-electron chi connectivity index (χ3n) is 4.90. The molecule has 1 heterocycles. The highest BCUT2D eigenvalue weighted by atomic mass is 15.2. The van der Waals surface area contributed by atoms with Crippen molar-refractivity contribution in [3.63, 3.8) is 0 Å². The van der Waals surface area contributed by atoms with Crippen molar-refractivity contribution in [2.24, 2.45) is 11.7 Å². The summed E-state index contributed by atoms with van der Waals surface area (Å²) < 4.78 is 0. The van der Waals surface area contributed by atoms with E-state index in [2.05, 4.69) is 16.7 Å². The highest BCUT2D eigenvalue weighted by Crippen LogP contribution is 2.24. The Morgan fingerprint density at radius 2 is 2.00 bits per heavy atom. The van der Waals surface area contributed by atoms with Gasteiger partial charge in [0.05, 0.1) is 0 Å². The van der Waals surface area contributed by atoms with E-state index in [1.807, 2.05) is 0 Å². The monoisotopic (exact) mass is 253 g/mol. The maximum Gasteiger partial charge on any atom is 0.0112 e. The highest BCUT2D eigenvalue weighted by molar-refractivity contribution is 4.80. The Morgan fingerprint density at radius 1 is 1.22 bits per heavy atom. The fourth-order valence-corrected chi connectivity index (χ4v) is 3.73. The largest absolute Gasteiger partial charge is 0.330 e. The van der Waals surface area contributed by atoms with Gasteiger partial charge < -0.3 is 10.6 Å². The van der Waals surface area contributed by atoms with Crippen LogP contribution in [0.4, 0.5) is 0 Å². The Kier molecular flexibility index (Phi) is 5.93. The molecule has 0 amide bonds. The van der Waals surface area contributed by atoms with Gasteiger partial charge in [0.1, 0.15) is 0 Å². The number of likely N-dealkylation sites (tertiary alicyclic amines) is 1. The third kappa shape index (κ3) is 3.94. The Labute approximate surface area is 113 Å². The predicted octanol–water partition coefficient (Wildman–Crippen LogP) is 1.92. The molecule has 0 radical (unpaired) electrons. The Morgan fingerprint density at radius 3 is 2.67 bits per heavy atom. The molecular weight excluding hydrogens is 222 g/mol. The third-order valence-corrected chi connectivity index (χ3v) is 4.90. The van der Waals surface area contributed by atoms with Crippen LogP contribution in [-0.4, -0.2) is 55.1 Å². The fraction of sp³-hybridized carbons (Fsp3) is 1.00. The van der Waals surface area contributed by atoms with Crippen LogP contribution in [0.1, 0.15) is 45.4 Å². The van der Waals surface area contributed by atoms with Crippen molar-refractivity contribution >= 4 is 0 Å². The predicted molar refractivity (Wildman–Crippen MR) is 77.7 cm³/mol. The van der Waals surface area contributed by atoms with Gasteiger partial charge in [-0.25, -0.2) is 0 Å². The molecule has 1 aliphatic carbocycles. The number of nitrogens with zero attached hydrogens (tertiary/aromatic N) is 2. The molecule has 1 saturated heterocycles. The molecule has 1 unspecified atom stereocenters. The van der Waals surface area contributed by atoms with Gasteiger partial charge in [-0.3, -0.25) is 4.90 Å². The van der Waals surface area contributed by atoms with Crippen LogP contribution in [-0.2, 0) is 0 Å². The quantitative estimate of drug-likeness (QED) is 0.752. The Hall–Kier alpha value is -0.120. The molecule has 18 heavy (non-hydrogen) atoms. The first-order chi connectivity index (χ1) is 8.83. The highest BCUT2D eigenvalue weighted by Gasteiger charge is 2.24. The van der Waals surface area contributed by atoms with Gasteiger partial charge in [-0.2, -0.15) is 0 Å². The van der Waals surface area contributed by atoms with Crippen molar-refractivity contribution in [1.82, 2.24) is 9.80 Å². The Bertz CT molecular complexity index is 226. The number of hydrogen-bond donors (Lipinski definition) is 1. The SMILES string of the molecule is CCN(CCN1CCC(CCN)C1)C1CCCC1. The lowest BCUT2D eigenvalue weighted by molar-refractivity contribution is 0.177. The standard InChI is InChI=1S/C15H31N3/c1-2-18(15-5-3-4-6-15)12-11-17-10-8-14(13-17)7-9-16/h14-15H,2-13,16H2,1H3. The minimum atomic E-state index is 0.863. The van der Waals surface area contributed by atoms with Crippen LogP contribution in [0, 0.1) is 5.92 Å². The summed E-state index contributed by atoms with van der Waals surface area (Å²) >= 11 is 0. The second kappa shape index (κ2) is 7.46. The zero-order chi connectivity index (χ0) is 12.8. The van der Waals surface area contributed by atoms with Gasteiger partial charge >= 0.3 is 0 Å². The van der Waals surface area contributed by atoms with Crippen molar-refractivity contribution in [3.05, 3.63) is 0 Å². The molecule has 3 nitrogen and oxygen atoms in total. The zero-order valence-corrected chi connectivity index (χ0v) is 12.1. The molecule has 3 heteroatoms. The van der Waals surface area contributed by atoms with Crippen LogP contribution >= 0.6 is 0 Å². The smallest absolute Gasteiger partial charge is 0.0112 e. The van der Waals surface area contributed by atoms with Crippen LogP contribution in [0.5, 0.6) is 0 Å². The van der Waals surface area contributed by atoms with Gasteiger partial charge in [-0.15, -0.1) is 0 Å². The van der Waals surface area contributed by atoms with Crippen molar-refractivity contribution in [2.75, 3.05) is 39.3 Å².